The van der Waals surface area contributed by atoms with Crippen LogP contribution in [0.2, 0.25) is 0 Å². The van der Waals surface area contributed by atoms with Crippen LogP contribution in [-0.2, 0) is 19.2 Å². The van der Waals surface area contributed by atoms with Crippen molar-refractivity contribution < 1.29 is 19.2 Å². The van der Waals surface area contributed by atoms with Crippen LogP contribution in [0.25, 0.3) is 0 Å². The van der Waals surface area contributed by atoms with Crippen LogP contribution in [-0.4, -0.2) is 48.2 Å². The lowest BCUT2D eigenvalue weighted by atomic mass is 10.1. The second-order valence-electron chi connectivity index (χ2n) is 3.86. The second-order valence-corrected chi connectivity index (χ2v) is 4.89. The summed E-state index contributed by atoms with van der Waals surface area (Å²) < 4.78 is 4.54. The predicted molar refractivity (Wildman–Crippen MR) is 65.5 cm³/mol. The molecular formula is C11H19NO4S. The number of hydrogen-bond donors (Lipinski definition) is 0. The number of thioether (sulfide) groups is 1. The fourth-order valence-electron chi connectivity index (χ4n) is 1.41. The molecule has 98 valence electrons. The largest absolute Gasteiger partial charge is 0.468 e. The molecule has 0 bridgehead atoms. The Bertz CT molecular complexity index is 272. The number of rotatable bonds is 8. The third-order valence-corrected chi connectivity index (χ3v) is 3.53. The number of carbonyl (C=O) groups excluding carboxylic acids is 2. The molecule has 0 saturated carbocycles. The number of nitrogens with zero attached hydrogens (tertiary/aromatic N) is 1. The minimum absolute atomic E-state index is 0.0322. The van der Waals surface area contributed by atoms with E-state index in [4.69, 9.17) is 4.84 Å². The standard InChI is InChI=1S/C11H19NO4S/c1-3-4-5-16-12-9(6-10(12)13)7-17-8-11(14)15-2/h9H,3-8H2,1-2H3. The van der Waals surface area contributed by atoms with Crippen molar-refractivity contribution in [2.75, 3.05) is 25.2 Å². The first kappa shape index (κ1) is 14.3. The van der Waals surface area contributed by atoms with E-state index in [1.807, 2.05) is 0 Å². The van der Waals surface area contributed by atoms with Gasteiger partial charge in [-0.25, -0.2) is 5.06 Å². The maximum absolute atomic E-state index is 11.3. The zero-order chi connectivity index (χ0) is 12.7. The Hall–Kier alpha value is -0.750. The summed E-state index contributed by atoms with van der Waals surface area (Å²) in [5.74, 6) is 0.834. The van der Waals surface area contributed by atoms with E-state index in [2.05, 4.69) is 11.7 Å². The van der Waals surface area contributed by atoms with E-state index in [0.29, 0.717) is 24.5 Å². The molecule has 1 rings (SSSR count). The summed E-state index contributed by atoms with van der Waals surface area (Å²) in [5.41, 5.74) is 0. The maximum Gasteiger partial charge on any atom is 0.315 e. The van der Waals surface area contributed by atoms with Crippen LogP contribution in [0.3, 0.4) is 0 Å². The summed E-state index contributed by atoms with van der Waals surface area (Å²) >= 11 is 1.47. The van der Waals surface area contributed by atoms with Crippen molar-refractivity contribution in [3.63, 3.8) is 0 Å². The smallest absolute Gasteiger partial charge is 0.315 e. The third-order valence-electron chi connectivity index (χ3n) is 2.47. The molecule has 6 heteroatoms. The molecule has 5 nitrogen and oxygen atoms in total. The van der Waals surface area contributed by atoms with Gasteiger partial charge in [0.2, 0.25) is 5.91 Å². The van der Waals surface area contributed by atoms with Crippen LogP contribution in [0.5, 0.6) is 0 Å². The molecule has 1 amide bonds. The number of esters is 1. The summed E-state index contributed by atoms with van der Waals surface area (Å²) in [4.78, 5) is 27.6. The Morgan fingerprint density at radius 1 is 1.59 bits per heavy atom. The molecule has 0 aromatic heterocycles. The van der Waals surface area contributed by atoms with Gasteiger partial charge in [-0.1, -0.05) is 13.3 Å². The molecule has 1 saturated heterocycles. The SMILES string of the molecule is CCCCON1C(=O)CC1CSCC(=O)OC. The lowest BCUT2D eigenvalue weighted by Gasteiger charge is -2.38. The van der Waals surface area contributed by atoms with Crippen LogP contribution in [0.4, 0.5) is 0 Å². The first-order chi connectivity index (χ1) is 8.19. The summed E-state index contributed by atoms with van der Waals surface area (Å²) in [5, 5.41) is 1.44. The Balaban J connectivity index is 2.15. The highest BCUT2D eigenvalue weighted by Gasteiger charge is 2.37. The van der Waals surface area contributed by atoms with Gasteiger partial charge in [0.1, 0.15) is 0 Å². The molecule has 0 aliphatic carbocycles. The minimum Gasteiger partial charge on any atom is -0.468 e. The predicted octanol–water partition coefficient (Wildman–Crippen LogP) is 1.23. The van der Waals surface area contributed by atoms with Crippen molar-refractivity contribution in [2.45, 2.75) is 32.2 Å². The summed E-state index contributed by atoms with van der Waals surface area (Å²) in [6.07, 6.45) is 2.51. The monoisotopic (exact) mass is 261 g/mol. The number of methoxy groups -OCH3 is 1. The van der Waals surface area contributed by atoms with Gasteiger partial charge in [0.05, 0.1) is 31.9 Å². The quantitative estimate of drug-likeness (QED) is 0.373. The van der Waals surface area contributed by atoms with Gasteiger partial charge in [0.25, 0.3) is 0 Å². The summed E-state index contributed by atoms with van der Waals surface area (Å²) in [6.45, 7) is 2.66. The highest BCUT2D eigenvalue weighted by atomic mass is 32.2. The first-order valence-electron chi connectivity index (χ1n) is 5.78. The fourth-order valence-corrected chi connectivity index (χ4v) is 2.34. The third kappa shape index (κ3) is 4.55. The van der Waals surface area contributed by atoms with E-state index in [1.54, 1.807) is 0 Å². The summed E-state index contributed by atoms with van der Waals surface area (Å²) in [6, 6.07) is 0.106. The van der Waals surface area contributed by atoms with Gasteiger partial charge in [0, 0.05) is 5.75 Å². The lowest BCUT2D eigenvalue weighted by molar-refractivity contribution is -0.224. The van der Waals surface area contributed by atoms with E-state index in [-0.39, 0.29) is 17.9 Å². The molecular weight excluding hydrogens is 242 g/mol. The van der Waals surface area contributed by atoms with Gasteiger partial charge >= 0.3 is 5.97 Å². The van der Waals surface area contributed by atoms with Crippen LogP contribution in [0.1, 0.15) is 26.2 Å². The van der Waals surface area contributed by atoms with Gasteiger partial charge in [-0.15, -0.1) is 11.8 Å². The van der Waals surface area contributed by atoms with E-state index in [0.717, 1.165) is 12.8 Å². The zero-order valence-corrected chi connectivity index (χ0v) is 11.1. The number of unbranched alkanes of at least 4 members (excludes halogenated alkanes) is 1. The molecule has 1 unspecified atom stereocenters. The van der Waals surface area contributed by atoms with Crippen molar-refractivity contribution in [2.24, 2.45) is 0 Å². The topological polar surface area (TPSA) is 55.8 Å². The van der Waals surface area contributed by atoms with Crippen LogP contribution in [0.15, 0.2) is 0 Å². The van der Waals surface area contributed by atoms with Crippen molar-refractivity contribution >= 4 is 23.6 Å². The normalized spacial score (nSPS) is 19.1. The first-order valence-corrected chi connectivity index (χ1v) is 6.94. The zero-order valence-electron chi connectivity index (χ0n) is 10.3. The highest BCUT2D eigenvalue weighted by Crippen LogP contribution is 2.23. The fraction of sp³-hybridized carbons (Fsp3) is 0.818. The average molecular weight is 261 g/mol. The number of hydrogen-bond acceptors (Lipinski definition) is 5. The average Bonchev–Trinajstić information content (AvgIpc) is 2.33. The Labute approximate surface area is 106 Å². The molecule has 0 radical (unpaired) electrons. The minimum atomic E-state index is -0.237. The number of hydroxylamine groups is 2. The van der Waals surface area contributed by atoms with Crippen molar-refractivity contribution in [1.29, 1.82) is 0 Å². The highest BCUT2D eigenvalue weighted by molar-refractivity contribution is 7.99. The van der Waals surface area contributed by atoms with E-state index in [9.17, 15) is 9.59 Å². The Morgan fingerprint density at radius 2 is 2.35 bits per heavy atom. The maximum atomic E-state index is 11.3. The Kier molecular flexibility index (Phi) is 6.36. The second kappa shape index (κ2) is 7.55. The number of β-lactam (4-membered cyclic amide) rings is 1. The molecule has 17 heavy (non-hydrogen) atoms. The van der Waals surface area contributed by atoms with Crippen molar-refractivity contribution in [3.8, 4) is 0 Å². The molecule has 0 aromatic carbocycles. The van der Waals surface area contributed by atoms with E-state index >= 15 is 0 Å². The number of ether oxygens (including phenoxy) is 1. The van der Waals surface area contributed by atoms with Gasteiger partial charge < -0.3 is 4.74 Å². The van der Waals surface area contributed by atoms with Crippen LogP contribution < -0.4 is 0 Å². The van der Waals surface area contributed by atoms with Gasteiger partial charge in [-0.05, 0) is 6.42 Å². The Morgan fingerprint density at radius 3 is 2.94 bits per heavy atom. The number of amides is 1. The molecule has 1 aliphatic heterocycles. The van der Waals surface area contributed by atoms with E-state index < -0.39 is 0 Å². The van der Waals surface area contributed by atoms with Gasteiger partial charge in [-0.3, -0.25) is 14.4 Å². The lowest BCUT2D eigenvalue weighted by Crippen LogP contribution is -2.53. The van der Waals surface area contributed by atoms with Gasteiger partial charge in [-0.2, -0.15) is 0 Å². The molecule has 1 aliphatic rings. The van der Waals surface area contributed by atoms with Crippen LogP contribution in [0, 0.1) is 0 Å². The van der Waals surface area contributed by atoms with Crippen molar-refractivity contribution in [1.82, 2.24) is 5.06 Å². The molecule has 1 fully saturated rings. The molecule has 0 aromatic rings. The van der Waals surface area contributed by atoms with Crippen LogP contribution >= 0.6 is 11.8 Å². The van der Waals surface area contributed by atoms with E-state index in [1.165, 1.54) is 23.9 Å². The molecule has 0 spiro atoms. The molecule has 0 N–H and O–H groups in total. The van der Waals surface area contributed by atoms with Crippen molar-refractivity contribution in [3.05, 3.63) is 0 Å². The molecule has 1 atom stereocenters. The number of carbonyl (C=O) groups is 2. The summed E-state index contributed by atoms with van der Waals surface area (Å²) in [7, 11) is 1.37. The van der Waals surface area contributed by atoms with Gasteiger partial charge in [0.15, 0.2) is 0 Å². The molecule has 1 heterocycles.